The van der Waals surface area contributed by atoms with E-state index in [9.17, 15) is 13.2 Å². The van der Waals surface area contributed by atoms with E-state index >= 15 is 0 Å². The first-order valence-corrected chi connectivity index (χ1v) is 6.34. The van der Waals surface area contributed by atoms with Gasteiger partial charge in [-0.05, 0) is 12.1 Å². The van der Waals surface area contributed by atoms with Crippen molar-refractivity contribution < 1.29 is 18.3 Å². The van der Waals surface area contributed by atoms with Crippen LogP contribution in [-0.2, 0) is 9.84 Å². The lowest BCUT2D eigenvalue weighted by Gasteiger charge is -2.05. The van der Waals surface area contributed by atoms with Gasteiger partial charge in [-0.1, -0.05) is 6.07 Å². The van der Waals surface area contributed by atoms with Gasteiger partial charge >= 0.3 is 5.97 Å². The van der Waals surface area contributed by atoms with Crippen molar-refractivity contribution in [1.82, 2.24) is 4.98 Å². The molecule has 0 aliphatic heterocycles. The van der Waals surface area contributed by atoms with Crippen molar-refractivity contribution >= 4 is 26.7 Å². The van der Waals surface area contributed by atoms with Crippen LogP contribution in [0.2, 0.25) is 0 Å². The van der Waals surface area contributed by atoms with Crippen molar-refractivity contribution in [2.75, 3.05) is 6.26 Å². The third kappa shape index (κ3) is 1.57. The lowest BCUT2D eigenvalue weighted by atomic mass is 10.1. The molecule has 84 valence electrons. The zero-order chi connectivity index (χ0) is 11.9. The summed E-state index contributed by atoms with van der Waals surface area (Å²) < 4.78 is 23.2. The molecule has 0 saturated heterocycles. The van der Waals surface area contributed by atoms with Crippen molar-refractivity contribution in [3.05, 3.63) is 30.0 Å². The molecule has 0 saturated carbocycles. The number of sulfone groups is 1. The van der Waals surface area contributed by atoms with Crippen LogP contribution in [0.5, 0.6) is 0 Å². The molecular formula is C10H9NO4S. The minimum atomic E-state index is -3.59. The Morgan fingerprint density at radius 2 is 2.00 bits per heavy atom. The number of carboxylic acids is 1. The summed E-state index contributed by atoms with van der Waals surface area (Å²) in [4.78, 5) is 13.5. The fraction of sp³-hybridized carbons (Fsp3) is 0.100. The molecule has 5 nitrogen and oxygen atoms in total. The molecule has 0 aliphatic carbocycles. The lowest BCUT2D eigenvalue weighted by molar-refractivity contribution is 0.0693. The van der Waals surface area contributed by atoms with Crippen LogP contribution < -0.4 is 0 Å². The summed E-state index contributed by atoms with van der Waals surface area (Å²) in [5.41, 5.74) is 0.125. The molecule has 0 spiro atoms. The molecule has 1 heterocycles. The van der Waals surface area contributed by atoms with Crippen LogP contribution in [0, 0.1) is 0 Å². The molecule has 0 fully saturated rings. The number of benzene rings is 1. The average molecular weight is 239 g/mol. The number of H-pyrrole nitrogens is 1. The molecule has 6 heteroatoms. The first-order valence-electron chi connectivity index (χ1n) is 4.44. The van der Waals surface area contributed by atoms with Gasteiger partial charge < -0.3 is 10.1 Å². The monoisotopic (exact) mass is 239 g/mol. The van der Waals surface area contributed by atoms with Crippen LogP contribution in [0.3, 0.4) is 0 Å². The molecule has 0 atom stereocenters. The number of nitrogens with one attached hydrogen (secondary N) is 1. The molecule has 1 aromatic carbocycles. The fourth-order valence-corrected chi connectivity index (χ4v) is 2.76. The van der Waals surface area contributed by atoms with Gasteiger partial charge in [0.15, 0.2) is 9.84 Å². The molecule has 0 unspecified atom stereocenters. The van der Waals surface area contributed by atoms with Crippen LogP contribution in [0.15, 0.2) is 29.3 Å². The number of hydrogen-bond acceptors (Lipinski definition) is 3. The Labute approximate surface area is 91.6 Å². The molecular weight excluding hydrogens is 230 g/mol. The van der Waals surface area contributed by atoms with Crippen molar-refractivity contribution in [2.24, 2.45) is 0 Å². The molecule has 0 amide bonds. The second kappa shape index (κ2) is 3.34. The third-order valence-electron chi connectivity index (χ3n) is 2.28. The normalized spacial score (nSPS) is 11.8. The molecule has 2 aromatic rings. The molecule has 1 aromatic heterocycles. The zero-order valence-corrected chi connectivity index (χ0v) is 9.21. The van der Waals surface area contributed by atoms with Gasteiger partial charge in [-0.25, -0.2) is 13.2 Å². The second-order valence-corrected chi connectivity index (χ2v) is 5.41. The van der Waals surface area contributed by atoms with Gasteiger partial charge in [-0.15, -0.1) is 0 Å². The predicted molar refractivity (Wildman–Crippen MR) is 58.4 cm³/mol. The number of aromatic nitrogens is 1. The van der Waals surface area contributed by atoms with Crippen LogP contribution in [0.1, 0.15) is 10.4 Å². The van der Waals surface area contributed by atoms with Crippen molar-refractivity contribution in [1.29, 1.82) is 0 Å². The molecule has 0 aliphatic rings. The van der Waals surface area contributed by atoms with Gasteiger partial charge in [-0.2, -0.15) is 0 Å². The van der Waals surface area contributed by atoms with E-state index in [1.165, 1.54) is 6.07 Å². The Morgan fingerprint density at radius 1 is 1.31 bits per heavy atom. The number of carboxylic acid groups (broad SMARTS) is 1. The van der Waals surface area contributed by atoms with E-state index in [4.69, 9.17) is 5.11 Å². The van der Waals surface area contributed by atoms with Gasteiger partial charge in [0.25, 0.3) is 0 Å². The molecule has 2 N–H and O–H groups in total. The summed E-state index contributed by atoms with van der Waals surface area (Å²) in [6.07, 6.45) is 2.57. The highest BCUT2D eigenvalue weighted by atomic mass is 32.2. The topological polar surface area (TPSA) is 87.2 Å². The third-order valence-corrected chi connectivity index (χ3v) is 3.45. The number of aromatic amines is 1. The predicted octanol–water partition coefficient (Wildman–Crippen LogP) is 1.27. The van der Waals surface area contributed by atoms with E-state index in [2.05, 4.69) is 4.98 Å². The molecule has 2 rings (SSSR count). The van der Waals surface area contributed by atoms with E-state index in [0.29, 0.717) is 10.9 Å². The van der Waals surface area contributed by atoms with E-state index in [1.54, 1.807) is 18.3 Å². The highest BCUT2D eigenvalue weighted by Crippen LogP contribution is 2.25. The maximum absolute atomic E-state index is 11.6. The molecule has 16 heavy (non-hydrogen) atoms. The number of hydrogen-bond donors (Lipinski definition) is 2. The number of fused-ring (bicyclic) bond motifs is 1. The Kier molecular flexibility index (Phi) is 2.23. The van der Waals surface area contributed by atoms with Gasteiger partial charge in [0.2, 0.25) is 0 Å². The van der Waals surface area contributed by atoms with Crippen LogP contribution in [0.4, 0.5) is 0 Å². The van der Waals surface area contributed by atoms with Crippen molar-refractivity contribution in [2.45, 2.75) is 4.90 Å². The average Bonchev–Trinajstić information content (AvgIpc) is 2.61. The minimum absolute atomic E-state index is 0.164. The first-order chi connectivity index (χ1) is 7.41. The van der Waals surface area contributed by atoms with Crippen LogP contribution in [-0.4, -0.2) is 30.7 Å². The van der Waals surface area contributed by atoms with Gasteiger partial charge in [0.1, 0.15) is 4.90 Å². The van der Waals surface area contributed by atoms with Crippen molar-refractivity contribution in [3.63, 3.8) is 0 Å². The van der Waals surface area contributed by atoms with Crippen LogP contribution in [0.25, 0.3) is 10.9 Å². The van der Waals surface area contributed by atoms with E-state index in [0.717, 1.165) is 6.26 Å². The Hall–Kier alpha value is -1.82. The first kappa shape index (κ1) is 10.7. The smallest absolute Gasteiger partial charge is 0.337 e. The van der Waals surface area contributed by atoms with E-state index in [-0.39, 0.29) is 10.5 Å². The number of rotatable bonds is 2. The fourth-order valence-electron chi connectivity index (χ4n) is 1.65. The second-order valence-electron chi connectivity index (χ2n) is 3.46. The summed E-state index contributed by atoms with van der Waals surface area (Å²) in [6, 6.07) is 4.56. The molecule has 0 radical (unpaired) electrons. The zero-order valence-electron chi connectivity index (χ0n) is 8.39. The van der Waals surface area contributed by atoms with E-state index < -0.39 is 15.8 Å². The SMILES string of the molecule is CS(=O)(=O)c1c(C(=O)O)ccc2cc[nH]c12. The highest BCUT2D eigenvalue weighted by Gasteiger charge is 2.21. The summed E-state index contributed by atoms with van der Waals surface area (Å²) in [5.74, 6) is -1.25. The van der Waals surface area contributed by atoms with E-state index in [1.807, 2.05) is 0 Å². The van der Waals surface area contributed by atoms with Gasteiger partial charge in [0, 0.05) is 17.8 Å². The summed E-state index contributed by atoms with van der Waals surface area (Å²) in [6.45, 7) is 0. The number of aromatic carboxylic acids is 1. The maximum Gasteiger partial charge on any atom is 0.337 e. The van der Waals surface area contributed by atoms with Crippen LogP contribution >= 0.6 is 0 Å². The van der Waals surface area contributed by atoms with Crippen molar-refractivity contribution in [3.8, 4) is 0 Å². The largest absolute Gasteiger partial charge is 0.478 e. The minimum Gasteiger partial charge on any atom is -0.478 e. The Bertz CT molecular complexity index is 669. The molecule has 0 bridgehead atoms. The Morgan fingerprint density at radius 3 is 2.56 bits per heavy atom. The number of carbonyl (C=O) groups is 1. The summed E-state index contributed by atoms with van der Waals surface area (Å²) >= 11 is 0. The summed E-state index contributed by atoms with van der Waals surface area (Å²) in [5, 5.41) is 9.62. The quantitative estimate of drug-likeness (QED) is 0.826. The lowest BCUT2D eigenvalue weighted by Crippen LogP contribution is -2.08. The standard InChI is InChI=1S/C10H9NO4S/c1-16(14,15)9-7(10(12)13)3-2-6-4-5-11-8(6)9/h2-5,11H,1H3,(H,12,13). The van der Waals surface area contributed by atoms with Gasteiger partial charge in [0.05, 0.1) is 11.1 Å². The van der Waals surface area contributed by atoms with Gasteiger partial charge in [-0.3, -0.25) is 0 Å². The summed E-state index contributed by atoms with van der Waals surface area (Å²) in [7, 11) is -3.59. The Balaban J connectivity index is 2.98. The highest BCUT2D eigenvalue weighted by molar-refractivity contribution is 7.91. The maximum atomic E-state index is 11.6.